The third kappa shape index (κ3) is 4.77. The summed E-state index contributed by atoms with van der Waals surface area (Å²) in [6.07, 6.45) is 1.10. The SMILES string of the molecule is COc1ccc(Cl)cc1S(=O)(=O)N1CCC[C@](C)(C(=O)NCc2ccc(F)cc2)C1. The Labute approximate surface area is 181 Å². The van der Waals surface area contributed by atoms with Crippen LogP contribution in [0.15, 0.2) is 47.4 Å². The molecule has 2 aromatic carbocycles. The van der Waals surface area contributed by atoms with E-state index in [1.165, 1.54) is 35.7 Å². The van der Waals surface area contributed by atoms with Crippen molar-refractivity contribution >= 4 is 27.5 Å². The predicted octanol–water partition coefficient (Wildman–Crippen LogP) is 3.59. The van der Waals surface area contributed by atoms with Crippen molar-refractivity contribution in [3.8, 4) is 5.75 Å². The zero-order valence-corrected chi connectivity index (χ0v) is 18.4. The van der Waals surface area contributed by atoms with Crippen LogP contribution in [0.25, 0.3) is 0 Å². The van der Waals surface area contributed by atoms with E-state index in [0.29, 0.717) is 19.4 Å². The van der Waals surface area contributed by atoms with E-state index in [1.807, 2.05) is 0 Å². The number of carbonyl (C=O) groups is 1. The van der Waals surface area contributed by atoms with Crippen molar-refractivity contribution in [3.63, 3.8) is 0 Å². The third-order valence-electron chi connectivity index (χ3n) is 5.32. The van der Waals surface area contributed by atoms with Crippen LogP contribution >= 0.6 is 11.6 Å². The Kier molecular flexibility index (Phi) is 6.69. The fourth-order valence-electron chi connectivity index (χ4n) is 3.57. The minimum absolute atomic E-state index is 0.0199. The number of benzene rings is 2. The molecule has 0 unspecified atom stereocenters. The number of halogens is 2. The molecule has 0 aromatic heterocycles. The summed E-state index contributed by atoms with van der Waals surface area (Å²) in [6.45, 7) is 2.34. The average Bonchev–Trinajstić information content (AvgIpc) is 2.73. The van der Waals surface area contributed by atoms with E-state index in [1.54, 1.807) is 25.1 Å². The average molecular weight is 455 g/mol. The molecule has 1 fully saturated rings. The van der Waals surface area contributed by atoms with E-state index < -0.39 is 15.4 Å². The van der Waals surface area contributed by atoms with Gasteiger partial charge in [-0.2, -0.15) is 4.31 Å². The molecule has 0 radical (unpaired) electrons. The van der Waals surface area contributed by atoms with Crippen LogP contribution in [-0.4, -0.2) is 38.8 Å². The topological polar surface area (TPSA) is 75.7 Å². The van der Waals surface area contributed by atoms with Crippen LogP contribution in [0.1, 0.15) is 25.3 Å². The predicted molar refractivity (Wildman–Crippen MR) is 112 cm³/mol. The monoisotopic (exact) mass is 454 g/mol. The van der Waals surface area contributed by atoms with Crippen LogP contribution in [0.2, 0.25) is 5.02 Å². The zero-order chi connectivity index (χ0) is 21.9. The molecule has 1 N–H and O–H groups in total. The van der Waals surface area contributed by atoms with E-state index in [9.17, 15) is 17.6 Å². The number of ether oxygens (including phenoxy) is 1. The van der Waals surface area contributed by atoms with E-state index in [0.717, 1.165) is 5.56 Å². The molecule has 30 heavy (non-hydrogen) atoms. The fraction of sp³-hybridized carbons (Fsp3) is 0.381. The number of hydrogen-bond acceptors (Lipinski definition) is 4. The summed E-state index contributed by atoms with van der Waals surface area (Å²) < 4.78 is 46.1. The molecule has 2 aromatic rings. The molecule has 1 atom stereocenters. The standard InChI is InChI=1S/C21H24ClFN2O4S/c1-21(20(26)24-13-15-4-7-17(23)8-5-15)10-3-11-25(14-21)30(27,28)19-12-16(22)6-9-18(19)29-2/h4-9,12H,3,10-11,13-14H2,1-2H3,(H,24,26)/t21-/m0/s1. The molecular formula is C21H24ClFN2O4S. The summed E-state index contributed by atoms with van der Waals surface area (Å²) in [5, 5.41) is 3.13. The highest BCUT2D eigenvalue weighted by Crippen LogP contribution is 2.36. The van der Waals surface area contributed by atoms with E-state index in [-0.39, 0.29) is 40.5 Å². The molecular weight excluding hydrogens is 431 g/mol. The maximum absolute atomic E-state index is 13.3. The highest BCUT2D eigenvalue weighted by Gasteiger charge is 2.42. The number of carbonyl (C=O) groups excluding carboxylic acids is 1. The van der Waals surface area contributed by atoms with Crippen LogP contribution in [-0.2, 0) is 21.4 Å². The molecule has 1 amide bonds. The first-order valence-electron chi connectivity index (χ1n) is 9.52. The number of sulfonamides is 1. The third-order valence-corrected chi connectivity index (χ3v) is 7.42. The van der Waals surface area contributed by atoms with Crippen molar-refractivity contribution in [2.45, 2.75) is 31.2 Å². The number of rotatable bonds is 6. The van der Waals surface area contributed by atoms with Gasteiger partial charge in [-0.15, -0.1) is 0 Å². The minimum Gasteiger partial charge on any atom is -0.495 e. The van der Waals surface area contributed by atoms with Gasteiger partial charge < -0.3 is 10.1 Å². The van der Waals surface area contributed by atoms with Crippen molar-refractivity contribution in [2.24, 2.45) is 5.41 Å². The first kappa shape index (κ1) is 22.5. The van der Waals surface area contributed by atoms with Crippen molar-refractivity contribution in [3.05, 3.63) is 58.9 Å². The summed E-state index contributed by atoms with van der Waals surface area (Å²) in [5.74, 6) is -0.390. The second kappa shape index (κ2) is 8.91. The largest absolute Gasteiger partial charge is 0.495 e. The van der Waals surface area contributed by atoms with Crippen molar-refractivity contribution in [1.82, 2.24) is 9.62 Å². The lowest BCUT2D eigenvalue weighted by atomic mass is 9.82. The van der Waals surface area contributed by atoms with Gasteiger partial charge in [0.1, 0.15) is 16.5 Å². The Morgan fingerprint density at radius 3 is 2.63 bits per heavy atom. The zero-order valence-electron chi connectivity index (χ0n) is 16.8. The normalized spacial score (nSPS) is 20.0. The van der Waals surface area contributed by atoms with Gasteiger partial charge in [0.25, 0.3) is 0 Å². The second-order valence-electron chi connectivity index (χ2n) is 7.61. The van der Waals surface area contributed by atoms with Gasteiger partial charge in [-0.05, 0) is 55.7 Å². The van der Waals surface area contributed by atoms with Crippen molar-refractivity contribution in [1.29, 1.82) is 0 Å². The Hall–Kier alpha value is -2.16. The van der Waals surface area contributed by atoms with Gasteiger partial charge in [0.2, 0.25) is 15.9 Å². The van der Waals surface area contributed by atoms with E-state index in [2.05, 4.69) is 5.32 Å². The Morgan fingerprint density at radius 1 is 1.27 bits per heavy atom. The molecule has 0 spiro atoms. The highest BCUT2D eigenvalue weighted by molar-refractivity contribution is 7.89. The number of nitrogens with one attached hydrogen (secondary N) is 1. The molecule has 1 saturated heterocycles. The van der Waals surface area contributed by atoms with Crippen LogP contribution in [0.4, 0.5) is 4.39 Å². The molecule has 0 bridgehead atoms. The lowest BCUT2D eigenvalue weighted by Gasteiger charge is -2.38. The number of methoxy groups -OCH3 is 1. The smallest absolute Gasteiger partial charge is 0.246 e. The number of amides is 1. The summed E-state index contributed by atoms with van der Waals surface area (Å²) in [7, 11) is -2.51. The summed E-state index contributed by atoms with van der Waals surface area (Å²) in [4.78, 5) is 12.9. The molecule has 162 valence electrons. The fourth-order valence-corrected chi connectivity index (χ4v) is 5.59. The van der Waals surface area contributed by atoms with E-state index in [4.69, 9.17) is 16.3 Å². The lowest BCUT2D eigenvalue weighted by Crippen LogP contribution is -2.51. The molecule has 3 rings (SSSR count). The Bertz CT molecular complexity index is 1030. The van der Waals surface area contributed by atoms with Gasteiger partial charge in [-0.1, -0.05) is 23.7 Å². The van der Waals surface area contributed by atoms with Crippen LogP contribution in [0.3, 0.4) is 0 Å². The number of piperidine rings is 1. The van der Waals surface area contributed by atoms with Gasteiger partial charge in [0, 0.05) is 24.7 Å². The Balaban J connectivity index is 1.77. The van der Waals surface area contributed by atoms with E-state index >= 15 is 0 Å². The first-order chi connectivity index (χ1) is 14.2. The van der Waals surface area contributed by atoms with Crippen molar-refractivity contribution in [2.75, 3.05) is 20.2 Å². The molecule has 0 saturated carbocycles. The number of nitrogens with zero attached hydrogens (tertiary/aromatic N) is 1. The second-order valence-corrected chi connectivity index (χ2v) is 9.95. The van der Waals surface area contributed by atoms with Gasteiger partial charge >= 0.3 is 0 Å². The molecule has 9 heteroatoms. The van der Waals surface area contributed by atoms with Crippen LogP contribution in [0.5, 0.6) is 5.75 Å². The van der Waals surface area contributed by atoms with Gasteiger partial charge in [-0.25, -0.2) is 12.8 Å². The molecule has 1 aliphatic rings. The quantitative estimate of drug-likeness (QED) is 0.723. The van der Waals surface area contributed by atoms with Crippen molar-refractivity contribution < 1.29 is 22.3 Å². The molecule has 6 nitrogen and oxygen atoms in total. The summed E-state index contributed by atoms with van der Waals surface area (Å²) in [6, 6.07) is 10.3. The van der Waals surface area contributed by atoms with Crippen LogP contribution in [0, 0.1) is 11.2 Å². The molecule has 0 aliphatic carbocycles. The van der Waals surface area contributed by atoms with Crippen LogP contribution < -0.4 is 10.1 Å². The first-order valence-corrected chi connectivity index (χ1v) is 11.3. The summed E-state index contributed by atoms with van der Waals surface area (Å²) >= 11 is 6.01. The highest BCUT2D eigenvalue weighted by atomic mass is 35.5. The minimum atomic E-state index is -3.90. The molecule has 1 aliphatic heterocycles. The summed E-state index contributed by atoms with van der Waals surface area (Å²) in [5.41, 5.74) is -0.130. The lowest BCUT2D eigenvalue weighted by molar-refractivity contribution is -0.132. The Morgan fingerprint density at radius 2 is 1.97 bits per heavy atom. The number of hydrogen-bond donors (Lipinski definition) is 1. The maximum atomic E-state index is 13.3. The van der Waals surface area contributed by atoms with Gasteiger partial charge in [0.15, 0.2) is 0 Å². The molecule has 1 heterocycles. The maximum Gasteiger partial charge on any atom is 0.246 e. The van der Waals surface area contributed by atoms with Gasteiger partial charge in [0.05, 0.1) is 12.5 Å². The van der Waals surface area contributed by atoms with Gasteiger partial charge in [-0.3, -0.25) is 4.79 Å².